The predicted octanol–water partition coefficient (Wildman–Crippen LogP) is 3.22. The van der Waals surface area contributed by atoms with E-state index in [1.54, 1.807) is 6.07 Å². The lowest BCUT2D eigenvalue weighted by molar-refractivity contribution is -0.385. The maximum atomic E-state index is 10.9. The van der Waals surface area contributed by atoms with Crippen molar-refractivity contribution >= 4 is 34.0 Å². The number of nitro groups is 1. The third-order valence-corrected chi connectivity index (χ3v) is 3.76. The fourth-order valence-corrected chi connectivity index (χ4v) is 2.62. The second-order valence-corrected chi connectivity index (χ2v) is 6.70. The van der Waals surface area contributed by atoms with Crippen molar-refractivity contribution in [2.75, 3.05) is 38.6 Å². The summed E-state index contributed by atoms with van der Waals surface area (Å²) in [7, 11) is 4.10. The Morgan fingerprint density at radius 3 is 2.40 bits per heavy atom. The van der Waals surface area contributed by atoms with Crippen LogP contribution in [0, 0.1) is 19.6 Å². The molecule has 20 heavy (non-hydrogen) atoms. The first-order valence-electron chi connectivity index (χ1n) is 6.65. The van der Waals surface area contributed by atoms with E-state index in [9.17, 15) is 10.1 Å². The lowest BCUT2D eigenvalue weighted by Gasteiger charge is -2.28. The monoisotopic (exact) mass is 391 g/mol. The van der Waals surface area contributed by atoms with Crippen LogP contribution < -0.4 is 4.90 Å². The van der Waals surface area contributed by atoms with Crippen LogP contribution in [0.1, 0.15) is 13.8 Å². The molecule has 1 rings (SSSR count). The normalized spacial score (nSPS) is 11.2. The minimum Gasteiger partial charge on any atom is -0.370 e. The zero-order valence-electron chi connectivity index (χ0n) is 12.5. The van der Waals surface area contributed by atoms with E-state index < -0.39 is 0 Å². The van der Waals surface area contributed by atoms with Gasteiger partial charge in [-0.15, -0.1) is 0 Å². The van der Waals surface area contributed by atoms with Crippen LogP contribution in [0.25, 0.3) is 0 Å². The number of rotatable bonds is 7. The zero-order valence-corrected chi connectivity index (χ0v) is 14.6. The van der Waals surface area contributed by atoms with Gasteiger partial charge in [0.15, 0.2) is 0 Å². The number of nitro benzene ring substituents is 1. The number of halogens is 1. The lowest BCUT2D eigenvalue weighted by atomic mass is 10.2. The maximum absolute atomic E-state index is 10.9. The summed E-state index contributed by atoms with van der Waals surface area (Å²) < 4.78 is 0.684. The molecular weight excluding hydrogens is 369 g/mol. The lowest BCUT2D eigenvalue weighted by Crippen LogP contribution is -2.34. The Labute approximate surface area is 134 Å². The first-order valence-corrected chi connectivity index (χ1v) is 7.72. The van der Waals surface area contributed by atoms with Crippen molar-refractivity contribution in [2.24, 2.45) is 5.92 Å². The fourth-order valence-electron chi connectivity index (χ4n) is 1.93. The highest BCUT2D eigenvalue weighted by molar-refractivity contribution is 14.1. The molecule has 0 atom stereocenters. The smallest absolute Gasteiger partial charge is 0.282 e. The molecule has 112 valence electrons. The molecule has 0 radical (unpaired) electrons. The molecule has 0 aliphatic rings. The summed E-state index contributed by atoms with van der Waals surface area (Å²) in [6.07, 6.45) is 0. The van der Waals surface area contributed by atoms with Gasteiger partial charge in [0.2, 0.25) is 0 Å². The average Bonchev–Trinajstić information content (AvgIpc) is 2.33. The molecule has 0 bridgehead atoms. The van der Waals surface area contributed by atoms with E-state index in [2.05, 4.69) is 23.6 Å². The fraction of sp³-hybridized carbons (Fsp3) is 0.571. The summed E-state index contributed by atoms with van der Waals surface area (Å²) in [6, 6.07) is 5.34. The second-order valence-electron chi connectivity index (χ2n) is 5.54. The number of hydrogen-bond donors (Lipinski definition) is 0. The van der Waals surface area contributed by atoms with Crippen LogP contribution in [0.4, 0.5) is 11.4 Å². The molecule has 0 N–H and O–H groups in total. The first-order chi connectivity index (χ1) is 9.31. The van der Waals surface area contributed by atoms with Crippen LogP contribution in [0.3, 0.4) is 0 Å². The molecule has 0 spiro atoms. The third kappa shape index (κ3) is 5.24. The van der Waals surface area contributed by atoms with Gasteiger partial charge in [0.05, 0.1) is 8.49 Å². The second kappa shape index (κ2) is 7.78. The van der Waals surface area contributed by atoms with E-state index in [-0.39, 0.29) is 10.6 Å². The minimum atomic E-state index is -0.335. The quantitative estimate of drug-likeness (QED) is 0.407. The van der Waals surface area contributed by atoms with Gasteiger partial charge in [0.25, 0.3) is 5.69 Å². The van der Waals surface area contributed by atoms with Crippen molar-refractivity contribution in [3.63, 3.8) is 0 Å². The number of anilines is 1. The highest BCUT2D eigenvalue weighted by Gasteiger charge is 2.15. The Hall–Kier alpha value is -0.890. The number of nitrogens with zero attached hydrogens (tertiary/aromatic N) is 3. The van der Waals surface area contributed by atoms with Crippen LogP contribution in [0.15, 0.2) is 18.2 Å². The standard InChI is InChI=1S/C14H22IN3O2/c1-11(2)10-17(8-7-16(3)4)12-5-6-14(18(19)20)13(15)9-12/h5-6,9,11H,7-8,10H2,1-4H3. The summed E-state index contributed by atoms with van der Waals surface area (Å²) in [5.41, 5.74) is 1.22. The van der Waals surface area contributed by atoms with E-state index in [0.29, 0.717) is 9.49 Å². The van der Waals surface area contributed by atoms with Crippen molar-refractivity contribution in [2.45, 2.75) is 13.8 Å². The Kier molecular flexibility index (Phi) is 6.67. The van der Waals surface area contributed by atoms with E-state index >= 15 is 0 Å². The molecular formula is C14H22IN3O2. The number of benzene rings is 1. The van der Waals surface area contributed by atoms with E-state index in [1.165, 1.54) is 0 Å². The highest BCUT2D eigenvalue weighted by atomic mass is 127. The molecule has 0 saturated heterocycles. The van der Waals surface area contributed by atoms with Gasteiger partial charge in [-0.05, 0) is 54.7 Å². The van der Waals surface area contributed by atoms with Crippen LogP contribution >= 0.6 is 22.6 Å². The van der Waals surface area contributed by atoms with E-state index in [0.717, 1.165) is 25.3 Å². The summed E-state index contributed by atoms with van der Waals surface area (Å²) in [6.45, 7) is 7.18. The molecule has 0 amide bonds. The Morgan fingerprint density at radius 1 is 1.30 bits per heavy atom. The highest BCUT2D eigenvalue weighted by Crippen LogP contribution is 2.26. The van der Waals surface area contributed by atoms with Crippen LogP contribution in [0.5, 0.6) is 0 Å². The van der Waals surface area contributed by atoms with Gasteiger partial charge in [-0.3, -0.25) is 10.1 Å². The molecule has 1 aromatic carbocycles. The Morgan fingerprint density at radius 2 is 1.95 bits per heavy atom. The van der Waals surface area contributed by atoms with Gasteiger partial charge < -0.3 is 9.80 Å². The Bertz CT molecular complexity index is 464. The van der Waals surface area contributed by atoms with Crippen molar-refractivity contribution < 1.29 is 4.92 Å². The largest absolute Gasteiger partial charge is 0.370 e. The summed E-state index contributed by atoms with van der Waals surface area (Å²) in [4.78, 5) is 15.0. The maximum Gasteiger partial charge on any atom is 0.282 e. The van der Waals surface area contributed by atoms with Crippen molar-refractivity contribution in [3.8, 4) is 0 Å². The average molecular weight is 391 g/mol. The molecule has 0 aromatic heterocycles. The predicted molar refractivity (Wildman–Crippen MR) is 91.4 cm³/mol. The summed E-state index contributed by atoms with van der Waals surface area (Å²) in [5, 5.41) is 10.9. The van der Waals surface area contributed by atoms with Crippen molar-refractivity contribution in [3.05, 3.63) is 31.9 Å². The van der Waals surface area contributed by atoms with Gasteiger partial charge in [0.1, 0.15) is 0 Å². The van der Waals surface area contributed by atoms with Crippen LogP contribution in [0.2, 0.25) is 0 Å². The first kappa shape index (κ1) is 17.2. The number of likely N-dealkylation sites (N-methyl/N-ethyl adjacent to an activating group) is 1. The van der Waals surface area contributed by atoms with Gasteiger partial charge in [-0.25, -0.2) is 0 Å². The van der Waals surface area contributed by atoms with E-state index in [4.69, 9.17) is 0 Å². The van der Waals surface area contributed by atoms with Crippen molar-refractivity contribution in [1.82, 2.24) is 4.90 Å². The molecule has 0 fully saturated rings. The van der Waals surface area contributed by atoms with Crippen LogP contribution in [-0.4, -0.2) is 43.6 Å². The molecule has 0 aliphatic heterocycles. The molecule has 6 heteroatoms. The van der Waals surface area contributed by atoms with Gasteiger partial charge >= 0.3 is 0 Å². The summed E-state index contributed by atoms with van der Waals surface area (Å²) >= 11 is 2.03. The molecule has 0 unspecified atom stereocenters. The van der Waals surface area contributed by atoms with E-state index in [1.807, 2.05) is 48.8 Å². The topological polar surface area (TPSA) is 49.6 Å². The molecule has 0 heterocycles. The number of hydrogen-bond acceptors (Lipinski definition) is 4. The Balaban J connectivity index is 2.95. The van der Waals surface area contributed by atoms with Gasteiger partial charge in [0, 0.05) is 31.4 Å². The minimum absolute atomic E-state index is 0.173. The summed E-state index contributed by atoms with van der Waals surface area (Å²) in [5.74, 6) is 0.546. The SMILES string of the molecule is CC(C)CN(CCN(C)C)c1ccc([N+](=O)[O-])c(I)c1. The molecule has 0 saturated carbocycles. The zero-order chi connectivity index (χ0) is 15.3. The van der Waals surface area contributed by atoms with Gasteiger partial charge in [-0.1, -0.05) is 13.8 Å². The third-order valence-electron chi connectivity index (χ3n) is 2.90. The van der Waals surface area contributed by atoms with Gasteiger partial charge in [-0.2, -0.15) is 0 Å². The van der Waals surface area contributed by atoms with Crippen LogP contribution in [-0.2, 0) is 0 Å². The molecule has 1 aromatic rings. The van der Waals surface area contributed by atoms with Crippen molar-refractivity contribution in [1.29, 1.82) is 0 Å². The molecule has 0 aliphatic carbocycles. The molecule has 5 nitrogen and oxygen atoms in total.